The Morgan fingerprint density at radius 3 is 2.12 bits per heavy atom. The molecule has 0 radical (unpaired) electrons. The first-order valence-electron chi connectivity index (χ1n) is 9.44. The van der Waals surface area contributed by atoms with Crippen LogP contribution in [0.5, 0.6) is 11.5 Å². The van der Waals surface area contributed by atoms with E-state index < -0.39 is 0 Å². The molecule has 0 atom stereocenters. The number of hydrogen-bond donors (Lipinski definition) is 1. The summed E-state index contributed by atoms with van der Waals surface area (Å²) in [5.74, 6) is 0.281. The smallest absolute Gasteiger partial charge is 0.314 e. The number of nitrogens with one attached hydrogen (secondary N) is 1. The number of ether oxygens (including phenoxy) is 2. The number of hydrogen-bond acceptors (Lipinski definition) is 5. The standard InChI is InChI=1S/C20H27NO4/c1-2-21-12-11-14-9-10-17(24-19(22)15-5-3-6-15)18(13-14)25-20(23)16-7-4-8-16/h9-10,13,15-16,21H,2-8,11-12H2,1H3. The topological polar surface area (TPSA) is 64.6 Å². The molecule has 1 N–H and O–H groups in total. The van der Waals surface area contributed by atoms with Crippen LogP contribution >= 0.6 is 0 Å². The molecule has 25 heavy (non-hydrogen) atoms. The molecule has 5 heteroatoms. The minimum atomic E-state index is -0.215. The SMILES string of the molecule is CCNCCc1ccc(OC(=O)C2CCC2)c(OC(=O)C2CCC2)c1. The predicted molar refractivity (Wildman–Crippen MR) is 94.6 cm³/mol. The van der Waals surface area contributed by atoms with Crippen LogP contribution in [0.3, 0.4) is 0 Å². The molecule has 1 aromatic carbocycles. The van der Waals surface area contributed by atoms with E-state index in [1.54, 1.807) is 6.07 Å². The lowest BCUT2D eigenvalue weighted by molar-refractivity contribution is -0.144. The molecule has 2 fully saturated rings. The van der Waals surface area contributed by atoms with Crippen molar-refractivity contribution < 1.29 is 19.1 Å². The maximum Gasteiger partial charge on any atom is 0.314 e. The molecule has 0 aliphatic heterocycles. The van der Waals surface area contributed by atoms with Gasteiger partial charge in [0.2, 0.25) is 0 Å². The Kier molecular flexibility index (Phi) is 6.08. The van der Waals surface area contributed by atoms with Gasteiger partial charge in [0.1, 0.15) is 0 Å². The van der Waals surface area contributed by atoms with E-state index >= 15 is 0 Å². The summed E-state index contributed by atoms with van der Waals surface area (Å²) in [5.41, 5.74) is 1.06. The molecule has 136 valence electrons. The minimum absolute atomic E-state index is 0.0105. The normalized spacial score (nSPS) is 17.5. The molecule has 2 saturated carbocycles. The van der Waals surface area contributed by atoms with Crippen molar-refractivity contribution in [2.24, 2.45) is 11.8 Å². The summed E-state index contributed by atoms with van der Waals surface area (Å²) >= 11 is 0. The summed E-state index contributed by atoms with van der Waals surface area (Å²) in [6.45, 7) is 3.84. The van der Waals surface area contributed by atoms with Gasteiger partial charge in [0, 0.05) is 0 Å². The van der Waals surface area contributed by atoms with Gasteiger partial charge in [0.25, 0.3) is 0 Å². The third kappa shape index (κ3) is 4.60. The predicted octanol–water partition coefficient (Wildman–Crippen LogP) is 3.25. The second-order valence-corrected chi connectivity index (χ2v) is 6.98. The van der Waals surface area contributed by atoms with Crippen molar-refractivity contribution in [1.82, 2.24) is 5.32 Å². The molecule has 2 aliphatic rings. The lowest BCUT2D eigenvalue weighted by Crippen LogP contribution is -2.28. The maximum atomic E-state index is 12.2. The van der Waals surface area contributed by atoms with Crippen LogP contribution in [0.1, 0.15) is 51.0 Å². The number of rotatable bonds is 8. The molecule has 0 bridgehead atoms. The summed E-state index contributed by atoms with van der Waals surface area (Å²) < 4.78 is 11.1. The Labute approximate surface area is 149 Å². The van der Waals surface area contributed by atoms with Gasteiger partial charge in [0.05, 0.1) is 11.8 Å². The first-order valence-corrected chi connectivity index (χ1v) is 9.44. The van der Waals surface area contributed by atoms with Gasteiger partial charge in [-0.3, -0.25) is 9.59 Å². The second-order valence-electron chi connectivity index (χ2n) is 6.98. The van der Waals surface area contributed by atoms with E-state index in [0.717, 1.165) is 63.6 Å². The van der Waals surface area contributed by atoms with Gasteiger partial charge in [-0.15, -0.1) is 0 Å². The quantitative estimate of drug-likeness (QED) is 0.445. The molecular weight excluding hydrogens is 318 g/mol. The number of carbonyl (C=O) groups is 2. The minimum Gasteiger partial charge on any atom is -0.422 e. The number of likely N-dealkylation sites (N-methyl/N-ethyl adjacent to an activating group) is 1. The third-order valence-corrected chi connectivity index (χ3v) is 5.15. The van der Waals surface area contributed by atoms with E-state index in [1.807, 2.05) is 12.1 Å². The molecule has 3 rings (SSSR count). The monoisotopic (exact) mass is 345 g/mol. The highest BCUT2D eigenvalue weighted by Crippen LogP contribution is 2.35. The highest BCUT2D eigenvalue weighted by atomic mass is 16.6. The second kappa shape index (κ2) is 8.48. The Balaban J connectivity index is 1.71. The van der Waals surface area contributed by atoms with Gasteiger partial charge < -0.3 is 14.8 Å². The van der Waals surface area contributed by atoms with Gasteiger partial charge in [-0.25, -0.2) is 0 Å². The average Bonchev–Trinajstić information content (AvgIpc) is 2.46. The molecule has 0 amide bonds. The molecule has 0 heterocycles. The van der Waals surface area contributed by atoms with Crippen LogP contribution in [-0.4, -0.2) is 25.0 Å². The van der Waals surface area contributed by atoms with Gasteiger partial charge in [-0.05, 0) is 62.9 Å². The zero-order valence-electron chi connectivity index (χ0n) is 14.9. The average molecular weight is 345 g/mol. The Morgan fingerprint density at radius 2 is 1.60 bits per heavy atom. The van der Waals surface area contributed by atoms with E-state index in [-0.39, 0.29) is 23.8 Å². The largest absolute Gasteiger partial charge is 0.422 e. The van der Waals surface area contributed by atoms with Crippen molar-refractivity contribution in [2.45, 2.75) is 51.9 Å². The summed E-state index contributed by atoms with van der Waals surface area (Å²) in [6, 6.07) is 5.51. The summed E-state index contributed by atoms with van der Waals surface area (Å²) in [4.78, 5) is 24.4. The van der Waals surface area contributed by atoms with Crippen molar-refractivity contribution in [3.05, 3.63) is 23.8 Å². The Hall–Kier alpha value is -1.88. The molecule has 2 aliphatic carbocycles. The number of esters is 2. The van der Waals surface area contributed by atoms with Crippen molar-refractivity contribution in [3.8, 4) is 11.5 Å². The molecule has 0 saturated heterocycles. The van der Waals surface area contributed by atoms with Gasteiger partial charge in [0.15, 0.2) is 11.5 Å². The molecular formula is C20H27NO4. The van der Waals surface area contributed by atoms with Crippen LogP contribution < -0.4 is 14.8 Å². The first kappa shape index (κ1) is 17.9. The molecule has 0 aromatic heterocycles. The van der Waals surface area contributed by atoms with Crippen molar-refractivity contribution in [2.75, 3.05) is 13.1 Å². The van der Waals surface area contributed by atoms with E-state index in [2.05, 4.69) is 12.2 Å². The van der Waals surface area contributed by atoms with Crippen molar-refractivity contribution in [1.29, 1.82) is 0 Å². The van der Waals surface area contributed by atoms with E-state index in [9.17, 15) is 9.59 Å². The van der Waals surface area contributed by atoms with Crippen LogP contribution in [0.15, 0.2) is 18.2 Å². The Bertz CT molecular complexity index is 620. The lowest BCUT2D eigenvalue weighted by Gasteiger charge is -2.25. The Morgan fingerprint density at radius 1 is 1.00 bits per heavy atom. The van der Waals surface area contributed by atoms with E-state index in [0.29, 0.717) is 11.5 Å². The van der Waals surface area contributed by atoms with Crippen molar-refractivity contribution >= 4 is 11.9 Å². The number of benzene rings is 1. The third-order valence-electron chi connectivity index (χ3n) is 5.15. The fourth-order valence-corrected chi connectivity index (χ4v) is 2.95. The molecule has 5 nitrogen and oxygen atoms in total. The molecule has 1 aromatic rings. The van der Waals surface area contributed by atoms with Crippen molar-refractivity contribution in [3.63, 3.8) is 0 Å². The highest BCUT2D eigenvalue weighted by molar-refractivity contribution is 5.79. The van der Waals surface area contributed by atoms with Gasteiger partial charge >= 0.3 is 11.9 Å². The number of carbonyl (C=O) groups excluding carboxylic acids is 2. The zero-order chi connectivity index (χ0) is 17.6. The fourth-order valence-electron chi connectivity index (χ4n) is 2.95. The fraction of sp³-hybridized carbons (Fsp3) is 0.600. The van der Waals surface area contributed by atoms with Crippen LogP contribution in [0, 0.1) is 11.8 Å². The zero-order valence-corrected chi connectivity index (χ0v) is 14.9. The summed E-state index contributed by atoms with van der Waals surface area (Å²) in [7, 11) is 0. The summed E-state index contributed by atoms with van der Waals surface area (Å²) in [6.07, 6.45) is 6.53. The van der Waals surface area contributed by atoms with Crippen LogP contribution in [0.2, 0.25) is 0 Å². The van der Waals surface area contributed by atoms with Gasteiger partial charge in [-0.1, -0.05) is 25.8 Å². The highest BCUT2D eigenvalue weighted by Gasteiger charge is 2.30. The lowest BCUT2D eigenvalue weighted by atomic mass is 9.85. The molecule has 0 unspecified atom stereocenters. The first-order chi connectivity index (χ1) is 12.2. The van der Waals surface area contributed by atoms with Crippen LogP contribution in [-0.2, 0) is 16.0 Å². The maximum absolute atomic E-state index is 12.2. The van der Waals surface area contributed by atoms with Gasteiger partial charge in [-0.2, -0.15) is 0 Å². The van der Waals surface area contributed by atoms with E-state index in [1.165, 1.54) is 0 Å². The van der Waals surface area contributed by atoms with E-state index in [4.69, 9.17) is 9.47 Å². The van der Waals surface area contributed by atoms with Crippen LogP contribution in [0.4, 0.5) is 0 Å². The summed E-state index contributed by atoms with van der Waals surface area (Å²) in [5, 5.41) is 3.28. The molecule has 0 spiro atoms. The van der Waals surface area contributed by atoms with Crippen LogP contribution in [0.25, 0.3) is 0 Å².